The van der Waals surface area contributed by atoms with E-state index in [4.69, 9.17) is 0 Å². The summed E-state index contributed by atoms with van der Waals surface area (Å²) in [4.78, 5) is 12.7. The van der Waals surface area contributed by atoms with Crippen molar-refractivity contribution < 1.29 is 0 Å². The van der Waals surface area contributed by atoms with Crippen LogP contribution in [0.2, 0.25) is 0 Å². The van der Waals surface area contributed by atoms with Gasteiger partial charge in [0.2, 0.25) is 0 Å². The summed E-state index contributed by atoms with van der Waals surface area (Å²) in [6, 6.07) is 18.3. The fourth-order valence-electron chi connectivity index (χ4n) is 3.57. The van der Waals surface area contributed by atoms with E-state index in [0.29, 0.717) is 0 Å². The van der Waals surface area contributed by atoms with E-state index < -0.39 is 0 Å². The predicted octanol–water partition coefficient (Wildman–Crippen LogP) is 7.55. The molecular weight excluding hydrogens is 378 g/mol. The van der Waals surface area contributed by atoms with Crippen molar-refractivity contribution in [2.75, 3.05) is 0 Å². The molecule has 166 valence electrons. The first-order chi connectivity index (χ1) is 15.3. The maximum Gasteiger partial charge on any atom is 0.0403 e. The molecule has 31 heavy (non-hydrogen) atoms. The summed E-state index contributed by atoms with van der Waals surface area (Å²) in [7, 11) is 0. The SMILES string of the molecule is Cc1ccccn1.c1ccc(CCCCCCCCCCCCc2ccccn2)nc1. The van der Waals surface area contributed by atoms with Crippen LogP contribution in [-0.4, -0.2) is 15.0 Å². The fraction of sp³-hybridized carbons (Fsp3) is 0.464. The van der Waals surface area contributed by atoms with E-state index in [1.54, 1.807) is 6.20 Å². The topological polar surface area (TPSA) is 38.7 Å². The van der Waals surface area contributed by atoms with Crippen molar-refractivity contribution >= 4 is 0 Å². The molecule has 0 fully saturated rings. The average Bonchev–Trinajstić information content (AvgIpc) is 2.82. The number of aryl methyl sites for hydroxylation is 3. The van der Waals surface area contributed by atoms with Crippen molar-refractivity contribution in [1.82, 2.24) is 15.0 Å². The summed E-state index contributed by atoms with van der Waals surface area (Å²) in [6.45, 7) is 1.97. The lowest BCUT2D eigenvalue weighted by Crippen LogP contribution is -1.90. The van der Waals surface area contributed by atoms with Gasteiger partial charge in [0, 0.05) is 35.7 Å². The van der Waals surface area contributed by atoms with Gasteiger partial charge in [-0.15, -0.1) is 0 Å². The lowest BCUT2D eigenvalue weighted by atomic mass is 10.0. The minimum absolute atomic E-state index is 1.07. The molecule has 0 spiro atoms. The maximum absolute atomic E-state index is 4.38. The molecule has 0 atom stereocenters. The molecule has 3 heterocycles. The molecule has 3 aromatic heterocycles. The molecule has 3 aromatic rings. The Balaban J connectivity index is 0.000000412. The maximum atomic E-state index is 4.38. The van der Waals surface area contributed by atoms with Gasteiger partial charge in [0.15, 0.2) is 0 Å². The number of aromatic nitrogens is 3. The number of rotatable bonds is 13. The lowest BCUT2D eigenvalue weighted by molar-refractivity contribution is 0.550. The van der Waals surface area contributed by atoms with Gasteiger partial charge >= 0.3 is 0 Å². The number of nitrogens with zero attached hydrogens (tertiary/aromatic N) is 3. The quantitative estimate of drug-likeness (QED) is 0.269. The highest BCUT2D eigenvalue weighted by Crippen LogP contribution is 2.12. The molecule has 3 heteroatoms. The second-order valence-electron chi connectivity index (χ2n) is 8.15. The standard InChI is InChI=1S/C22H32N2.C6H7N/c1(3-5-7-9-15-21-17-11-13-19-23-21)2-4-6-8-10-16-22-18-12-14-20-24-22;1-6-4-2-3-5-7-6/h11-14,17-20H,1-10,15-16H2;2-5H,1H3. The first-order valence-electron chi connectivity index (χ1n) is 12.0. The molecule has 0 bridgehead atoms. The van der Waals surface area contributed by atoms with Crippen LogP contribution in [0, 0.1) is 6.92 Å². The third-order valence-corrected chi connectivity index (χ3v) is 5.38. The second-order valence-corrected chi connectivity index (χ2v) is 8.15. The van der Waals surface area contributed by atoms with Crippen molar-refractivity contribution in [3.05, 3.63) is 90.3 Å². The van der Waals surface area contributed by atoms with Crippen LogP contribution in [0.4, 0.5) is 0 Å². The van der Waals surface area contributed by atoms with Gasteiger partial charge in [0.25, 0.3) is 0 Å². The van der Waals surface area contributed by atoms with Crippen molar-refractivity contribution in [3.63, 3.8) is 0 Å². The lowest BCUT2D eigenvalue weighted by Gasteiger charge is -2.03. The van der Waals surface area contributed by atoms with Gasteiger partial charge in [0.1, 0.15) is 0 Å². The minimum atomic E-state index is 1.07. The van der Waals surface area contributed by atoms with Crippen LogP contribution in [0.1, 0.15) is 81.3 Å². The van der Waals surface area contributed by atoms with Crippen LogP contribution in [0.5, 0.6) is 0 Å². The molecule has 0 aliphatic rings. The summed E-state index contributed by atoms with van der Waals surface area (Å²) < 4.78 is 0. The van der Waals surface area contributed by atoms with Crippen LogP contribution >= 0.6 is 0 Å². The van der Waals surface area contributed by atoms with Crippen molar-refractivity contribution in [2.45, 2.75) is 84.0 Å². The van der Waals surface area contributed by atoms with Gasteiger partial charge in [-0.2, -0.15) is 0 Å². The van der Waals surface area contributed by atoms with Gasteiger partial charge in [0.05, 0.1) is 0 Å². The molecule has 0 aromatic carbocycles. The number of hydrogen-bond donors (Lipinski definition) is 0. The summed E-state index contributed by atoms with van der Waals surface area (Å²) in [5.41, 5.74) is 3.55. The molecular formula is C28H39N3. The zero-order valence-corrected chi connectivity index (χ0v) is 19.3. The van der Waals surface area contributed by atoms with Crippen molar-refractivity contribution in [3.8, 4) is 0 Å². The monoisotopic (exact) mass is 417 g/mol. The third kappa shape index (κ3) is 13.4. The smallest absolute Gasteiger partial charge is 0.0403 e. The Labute approximate surface area is 189 Å². The van der Waals surface area contributed by atoms with Crippen molar-refractivity contribution in [2.24, 2.45) is 0 Å². The highest BCUT2D eigenvalue weighted by molar-refractivity contribution is 5.04. The van der Waals surface area contributed by atoms with Crippen molar-refractivity contribution in [1.29, 1.82) is 0 Å². The molecule has 0 radical (unpaired) electrons. The van der Waals surface area contributed by atoms with Gasteiger partial charge in [-0.25, -0.2) is 0 Å². The molecule has 0 aliphatic carbocycles. The number of hydrogen-bond acceptors (Lipinski definition) is 3. The van der Waals surface area contributed by atoms with Crippen LogP contribution in [-0.2, 0) is 12.8 Å². The largest absolute Gasteiger partial charge is 0.262 e. The Kier molecular flexibility index (Phi) is 13.7. The molecule has 0 aliphatic heterocycles. The van der Waals surface area contributed by atoms with Crippen LogP contribution in [0.15, 0.2) is 73.2 Å². The van der Waals surface area contributed by atoms with E-state index in [1.807, 2.05) is 49.6 Å². The normalized spacial score (nSPS) is 10.4. The Morgan fingerprint density at radius 1 is 0.452 bits per heavy atom. The zero-order valence-electron chi connectivity index (χ0n) is 19.3. The van der Waals surface area contributed by atoms with E-state index >= 15 is 0 Å². The first kappa shape index (κ1) is 24.7. The van der Waals surface area contributed by atoms with Gasteiger partial charge in [-0.3, -0.25) is 15.0 Å². The molecule has 0 amide bonds. The fourth-order valence-corrected chi connectivity index (χ4v) is 3.57. The molecule has 3 nitrogen and oxygen atoms in total. The Morgan fingerprint density at radius 3 is 1.13 bits per heavy atom. The minimum Gasteiger partial charge on any atom is -0.262 e. The van der Waals surface area contributed by atoms with Crippen LogP contribution < -0.4 is 0 Å². The Bertz CT molecular complexity index is 711. The highest BCUT2D eigenvalue weighted by Gasteiger charge is 1.96. The average molecular weight is 418 g/mol. The summed E-state index contributed by atoms with van der Waals surface area (Å²) in [6.07, 6.45) is 21.5. The first-order valence-corrected chi connectivity index (χ1v) is 12.0. The molecule has 0 saturated carbocycles. The Morgan fingerprint density at radius 2 is 0.839 bits per heavy atom. The third-order valence-electron chi connectivity index (χ3n) is 5.38. The highest BCUT2D eigenvalue weighted by atomic mass is 14.7. The molecule has 3 rings (SSSR count). The number of unbranched alkanes of at least 4 members (excludes halogenated alkanes) is 9. The number of pyridine rings is 3. The molecule has 0 unspecified atom stereocenters. The predicted molar refractivity (Wildman–Crippen MR) is 131 cm³/mol. The summed E-state index contributed by atoms with van der Waals surface area (Å²) in [5, 5.41) is 0. The molecule has 0 saturated heterocycles. The van der Waals surface area contributed by atoms with Crippen LogP contribution in [0.25, 0.3) is 0 Å². The van der Waals surface area contributed by atoms with Gasteiger partial charge in [-0.05, 0) is 69.0 Å². The van der Waals surface area contributed by atoms with E-state index in [1.165, 1.54) is 75.6 Å². The Hall–Kier alpha value is -2.55. The van der Waals surface area contributed by atoms with Gasteiger partial charge < -0.3 is 0 Å². The summed E-state index contributed by atoms with van der Waals surface area (Å²) >= 11 is 0. The van der Waals surface area contributed by atoms with Crippen LogP contribution in [0.3, 0.4) is 0 Å². The van der Waals surface area contributed by atoms with E-state index in [9.17, 15) is 0 Å². The zero-order chi connectivity index (χ0) is 21.8. The van der Waals surface area contributed by atoms with E-state index in [2.05, 4.69) is 39.2 Å². The second kappa shape index (κ2) is 17.2. The summed E-state index contributed by atoms with van der Waals surface area (Å²) in [5.74, 6) is 0. The van der Waals surface area contributed by atoms with Gasteiger partial charge in [-0.1, -0.05) is 69.6 Å². The molecule has 0 N–H and O–H groups in total. The van der Waals surface area contributed by atoms with E-state index in [-0.39, 0.29) is 0 Å². The van der Waals surface area contributed by atoms with E-state index in [0.717, 1.165) is 18.5 Å².